The highest BCUT2D eigenvalue weighted by molar-refractivity contribution is 7.92. The number of amides is 2. The van der Waals surface area contributed by atoms with E-state index in [1.165, 1.54) is 0 Å². The summed E-state index contributed by atoms with van der Waals surface area (Å²) < 4.78 is 25.8. The zero-order valence-electron chi connectivity index (χ0n) is 19.1. The summed E-state index contributed by atoms with van der Waals surface area (Å²) in [5, 5.41) is 2.79. The Morgan fingerprint density at radius 1 is 1.12 bits per heavy atom. The molecule has 0 atom stereocenters. The summed E-state index contributed by atoms with van der Waals surface area (Å²) in [6.07, 6.45) is 2.49. The van der Waals surface area contributed by atoms with E-state index in [-0.39, 0.29) is 24.4 Å². The van der Waals surface area contributed by atoms with Crippen LogP contribution < -0.4 is 14.5 Å². The SMILES string of the molecule is CC(C)(C)c1ccc(N(CC(=O)NCc2cccc(N3CCCC3=O)c2)S(C)(=O)=O)cc1. The molecule has 3 rings (SSSR count). The molecule has 0 spiro atoms. The molecule has 1 aliphatic heterocycles. The van der Waals surface area contributed by atoms with Gasteiger partial charge in [0.15, 0.2) is 0 Å². The topological polar surface area (TPSA) is 86.8 Å². The van der Waals surface area contributed by atoms with Gasteiger partial charge in [-0.2, -0.15) is 0 Å². The molecule has 0 aromatic heterocycles. The van der Waals surface area contributed by atoms with Gasteiger partial charge in [0.25, 0.3) is 0 Å². The highest BCUT2D eigenvalue weighted by Gasteiger charge is 2.23. The maximum absolute atomic E-state index is 12.6. The van der Waals surface area contributed by atoms with Gasteiger partial charge in [0, 0.05) is 25.2 Å². The lowest BCUT2D eigenvalue weighted by molar-refractivity contribution is -0.120. The van der Waals surface area contributed by atoms with Crippen LogP contribution in [0.25, 0.3) is 0 Å². The summed E-state index contributed by atoms with van der Waals surface area (Å²) in [7, 11) is -3.64. The van der Waals surface area contributed by atoms with E-state index in [0.717, 1.165) is 33.8 Å². The first-order valence-corrected chi connectivity index (χ1v) is 12.5. The molecule has 0 saturated carbocycles. The van der Waals surface area contributed by atoms with Crippen molar-refractivity contribution < 1.29 is 18.0 Å². The average Bonchev–Trinajstić information content (AvgIpc) is 3.15. The van der Waals surface area contributed by atoms with Crippen molar-refractivity contribution in [3.05, 3.63) is 59.7 Å². The van der Waals surface area contributed by atoms with Crippen molar-refractivity contribution in [2.24, 2.45) is 0 Å². The van der Waals surface area contributed by atoms with Gasteiger partial charge in [-0.1, -0.05) is 45.0 Å². The van der Waals surface area contributed by atoms with Crippen LogP contribution in [-0.4, -0.2) is 39.6 Å². The first-order valence-electron chi connectivity index (χ1n) is 10.7. The molecule has 1 heterocycles. The second-order valence-corrected chi connectivity index (χ2v) is 11.1. The van der Waals surface area contributed by atoms with Crippen LogP contribution in [0.2, 0.25) is 0 Å². The van der Waals surface area contributed by atoms with Crippen LogP contribution >= 0.6 is 0 Å². The molecule has 1 fully saturated rings. The number of nitrogens with zero attached hydrogens (tertiary/aromatic N) is 2. The van der Waals surface area contributed by atoms with Crippen LogP contribution in [0.15, 0.2) is 48.5 Å². The zero-order chi connectivity index (χ0) is 23.5. The number of anilines is 2. The third-order valence-electron chi connectivity index (χ3n) is 5.49. The Labute approximate surface area is 190 Å². The van der Waals surface area contributed by atoms with Gasteiger partial charge in [-0.05, 0) is 47.2 Å². The minimum Gasteiger partial charge on any atom is -0.350 e. The summed E-state index contributed by atoms with van der Waals surface area (Å²) in [5.41, 5.74) is 3.13. The third-order valence-corrected chi connectivity index (χ3v) is 6.63. The van der Waals surface area contributed by atoms with Crippen molar-refractivity contribution in [1.29, 1.82) is 0 Å². The lowest BCUT2D eigenvalue weighted by Gasteiger charge is -2.24. The van der Waals surface area contributed by atoms with Gasteiger partial charge >= 0.3 is 0 Å². The lowest BCUT2D eigenvalue weighted by atomic mass is 9.87. The molecule has 0 radical (unpaired) electrons. The Kier molecular flexibility index (Phi) is 6.93. The number of carbonyl (C=O) groups excluding carboxylic acids is 2. The Morgan fingerprint density at radius 2 is 1.81 bits per heavy atom. The zero-order valence-corrected chi connectivity index (χ0v) is 19.9. The van der Waals surface area contributed by atoms with Crippen LogP contribution in [-0.2, 0) is 31.6 Å². The van der Waals surface area contributed by atoms with E-state index in [2.05, 4.69) is 26.1 Å². The second kappa shape index (κ2) is 9.32. The normalized spacial score (nSPS) is 14.5. The van der Waals surface area contributed by atoms with Gasteiger partial charge in [0.2, 0.25) is 21.8 Å². The first kappa shape index (κ1) is 23.8. The standard InChI is InChI=1S/C24H31N3O4S/c1-24(2,3)19-10-12-20(13-11-19)27(32(4,30)31)17-22(28)25-16-18-7-5-8-21(15-18)26-14-6-9-23(26)29/h5,7-8,10-13,15H,6,9,14,16-17H2,1-4H3,(H,25,28). The van der Waals surface area contributed by atoms with Crippen LogP contribution in [0.5, 0.6) is 0 Å². The van der Waals surface area contributed by atoms with Crippen molar-refractivity contribution in [2.45, 2.75) is 45.6 Å². The number of sulfonamides is 1. The molecule has 32 heavy (non-hydrogen) atoms. The molecule has 0 bridgehead atoms. The molecule has 1 saturated heterocycles. The number of carbonyl (C=O) groups is 2. The predicted molar refractivity (Wildman–Crippen MR) is 127 cm³/mol. The average molecular weight is 458 g/mol. The smallest absolute Gasteiger partial charge is 0.241 e. The van der Waals surface area contributed by atoms with Crippen molar-refractivity contribution in [2.75, 3.05) is 28.6 Å². The minimum absolute atomic E-state index is 0.0555. The number of hydrogen-bond acceptors (Lipinski definition) is 4. The van der Waals surface area contributed by atoms with Crippen LogP contribution in [0.3, 0.4) is 0 Å². The maximum atomic E-state index is 12.6. The van der Waals surface area contributed by atoms with E-state index >= 15 is 0 Å². The molecule has 8 heteroatoms. The van der Waals surface area contributed by atoms with Gasteiger partial charge in [0.05, 0.1) is 11.9 Å². The molecule has 172 valence electrons. The van der Waals surface area contributed by atoms with Gasteiger partial charge in [-0.3, -0.25) is 13.9 Å². The van der Waals surface area contributed by atoms with E-state index in [1.54, 1.807) is 17.0 Å². The van der Waals surface area contributed by atoms with Crippen LogP contribution in [0, 0.1) is 0 Å². The van der Waals surface area contributed by atoms with E-state index in [4.69, 9.17) is 0 Å². The van der Waals surface area contributed by atoms with Gasteiger partial charge in [-0.25, -0.2) is 8.42 Å². The largest absolute Gasteiger partial charge is 0.350 e. The van der Waals surface area contributed by atoms with Crippen molar-refractivity contribution in [3.63, 3.8) is 0 Å². The Balaban J connectivity index is 1.67. The summed E-state index contributed by atoms with van der Waals surface area (Å²) >= 11 is 0. The summed E-state index contributed by atoms with van der Waals surface area (Å²) in [6.45, 7) is 6.88. The van der Waals surface area contributed by atoms with E-state index < -0.39 is 15.9 Å². The van der Waals surface area contributed by atoms with Crippen molar-refractivity contribution >= 4 is 33.2 Å². The number of benzene rings is 2. The summed E-state index contributed by atoms with van der Waals surface area (Å²) in [5.74, 6) is -0.301. The number of hydrogen-bond donors (Lipinski definition) is 1. The molecule has 2 amide bonds. The molecule has 7 nitrogen and oxygen atoms in total. The summed E-state index contributed by atoms with van der Waals surface area (Å²) in [6, 6.07) is 14.7. The fourth-order valence-electron chi connectivity index (χ4n) is 3.67. The van der Waals surface area contributed by atoms with Gasteiger partial charge in [-0.15, -0.1) is 0 Å². The Morgan fingerprint density at radius 3 is 2.38 bits per heavy atom. The molecular formula is C24H31N3O4S. The number of rotatable bonds is 7. The molecule has 0 aliphatic carbocycles. The Bertz CT molecular complexity index is 1090. The first-order chi connectivity index (χ1) is 14.9. The molecule has 2 aromatic rings. The summed E-state index contributed by atoms with van der Waals surface area (Å²) in [4.78, 5) is 26.3. The predicted octanol–water partition coefficient (Wildman–Crippen LogP) is 3.19. The van der Waals surface area contributed by atoms with E-state index in [0.29, 0.717) is 18.7 Å². The van der Waals surface area contributed by atoms with Crippen LogP contribution in [0.4, 0.5) is 11.4 Å². The number of nitrogens with one attached hydrogen (secondary N) is 1. The molecule has 0 unspecified atom stereocenters. The van der Waals surface area contributed by atoms with Crippen LogP contribution in [0.1, 0.15) is 44.7 Å². The van der Waals surface area contributed by atoms with E-state index in [9.17, 15) is 18.0 Å². The van der Waals surface area contributed by atoms with Gasteiger partial charge < -0.3 is 10.2 Å². The fraction of sp³-hybridized carbons (Fsp3) is 0.417. The fourth-order valence-corrected chi connectivity index (χ4v) is 4.53. The second-order valence-electron chi connectivity index (χ2n) is 9.16. The van der Waals surface area contributed by atoms with Crippen molar-refractivity contribution in [3.8, 4) is 0 Å². The maximum Gasteiger partial charge on any atom is 0.241 e. The highest BCUT2D eigenvalue weighted by Crippen LogP contribution is 2.26. The Hall–Kier alpha value is -2.87. The van der Waals surface area contributed by atoms with E-state index in [1.807, 2.05) is 36.4 Å². The third kappa shape index (κ3) is 5.88. The lowest BCUT2D eigenvalue weighted by Crippen LogP contribution is -2.40. The molecule has 2 aromatic carbocycles. The quantitative estimate of drug-likeness (QED) is 0.692. The highest BCUT2D eigenvalue weighted by atomic mass is 32.2. The molecule has 1 N–H and O–H groups in total. The van der Waals surface area contributed by atoms with Gasteiger partial charge in [0.1, 0.15) is 6.54 Å². The monoisotopic (exact) mass is 457 g/mol. The minimum atomic E-state index is -3.64. The molecular weight excluding hydrogens is 426 g/mol. The van der Waals surface area contributed by atoms with Crippen molar-refractivity contribution in [1.82, 2.24) is 5.32 Å². The molecule has 1 aliphatic rings.